The molecule has 0 spiro atoms. The normalized spacial score (nSPS) is 12.3. The number of nitro benzene ring substituents is 1. The molecular formula is C36H35N3O12. The van der Waals surface area contributed by atoms with Gasteiger partial charge in [0.15, 0.2) is 0 Å². The van der Waals surface area contributed by atoms with E-state index in [4.69, 9.17) is 0 Å². The quantitative estimate of drug-likeness (QED) is 0.0623. The van der Waals surface area contributed by atoms with E-state index in [0.717, 1.165) is 58.3 Å². The largest absolute Gasteiger partial charge is 0.616 e. The number of amidine groups is 1. The van der Waals surface area contributed by atoms with Crippen LogP contribution in [0.25, 0.3) is 0 Å². The van der Waals surface area contributed by atoms with Gasteiger partial charge in [0, 0.05) is 17.7 Å². The van der Waals surface area contributed by atoms with Gasteiger partial charge in [0.2, 0.25) is 0 Å². The van der Waals surface area contributed by atoms with Gasteiger partial charge >= 0.3 is 23.9 Å². The predicted molar refractivity (Wildman–Crippen MR) is 180 cm³/mol. The number of anilines is 1. The Labute approximate surface area is 292 Å². The molecule has 51 heavy (non-hydrogen) atoms. The fourth-order valence-corrected chi connectivity index (χ4v) is 4.64. The third kappa shape index (κ3) is 9.23. The van der Waals surface area contributed by atoms with Gasteiger partial charge in [-0.2, -0.15) is 0 Å². The summed E-state index contributed by atoms with van der Waals surface area (Å²) >= 11 is 0. The minimum absolute atomic E-state index is 0.0683. The first kappa shape index (κ1) is 38.7. The number of aryl methyl sites for hydroxylation is 2. The third-order valence-electron chi connectivity index (χ3n) is 7.21. The van der Waals surface area contributed by atoms with Crippen LogP contribution in [0.4, 0.5) is 17.1 Å². The van der Waals surface area contributed by atoms with Crippen LogP contribution in [0.3, 0.4) is 0 Å². The lowest BCUT2D eigenvalue weighted by molar-refractivity contribution is -0.384. The first-order valence-corrected chi connectivity index (χ1v) is 14.9. The Balaban J connectivity index is 0.000000276. The molecule has 3 aromatic carbocycles. The van der Waals surface area contributed by atoms with Crippen molar-refractivity contribution in [3.63, 3.8) is 0 Å². The second-order valence-electron chi connectivity index (χ2n) is 10.5. The molecule has 4 rings (SSSR count). The maximum absolute atomic E-state index is 12.1. The fraction of sp³-hybridized carbons (Fsp3) is 0.194. The molecule has 15 heteroatoms. The molecular weight excluding hydrogens is 666 g/mol. The van der Waals surface area contributed by atoms with Gasteiger partial charge in [0.05, 0.1) is 67.2 Å². The lowest BCUT2D eigenvalue weighted by Crippen LogP contribution is -2.68. The zero-order chi connectivity index (χ0) is 37.8. The molecule has 0 radical (unpaired) electrons. The van der Waals surface area contributed by atoms with Gasteiger partial charge in [0.25, 0.3) is 11.5 Å². The van der Waals surface area contributed by atoms with Crippen LogP contribution in [-0.4, -0.2) is 70.2 Å². The Morgan fingerprint density at radius 3 is 1.41 bits per heavy atom. The molecule has 0 heterocycles. The zero-order valence-electron chi connectivity index (χ0n) is 28.8. The highest BCUT2D eigenvalue weighted by molar-refractivity contribution is 6.23. The number of non-ortho nitro benzene ring substituents is 1. The number of carbonyl (C=O) groups is 4. The Morgan fingerprint density at radius 2 is 1.02 bits per heavy atom. The molecule has 266 valence electrons. The number of methoxy groups -OCH3 is 5. The summed E-state index contributed by atoms with van der Waals surface area (Å²) in [5.74, 6) is -5.07. The van der Waals surface area contributed by atoms with Crippen molar-refractivity contribution in [3.05, 3.63) is 133 Å². The van der Waals surface area contributed by atoms with Crippen LogP contribution in [0.5, 0.6) is 0 Å². The summed E-state index contributed by atoms with van der Waals surface area (Å²) in [4.78, 5) is 62.4. The predicted octanol–water partition coefficient (Wildman–Crippen LogP) is 1.99. The summed E-state index contributed by atoms with van der Waals surface area (Å²) in [7, 11) is 4.90. The summed E-state index contributed by atoms with van der Waals surface area (Å²) < 4.78 is 22.7. The summed E-state index contributed by atoms with van der Waals surface area (Å²) in [6.07, 6.45) is 0. The minimum Gasteiger partial charge on any atom is -0.616 e. The van der Waals surface area contributed by atoms with Crippen LogP contribution in [0.1, 0.15) is 16.7 Å². The Bertz CT molecular complexity index is 1890. The van der Waals surface area contributed by atoms with Crippen molar-refractivity contribution >= 4 is 46.8 Å². The molecule has 0 fully saturated rings. The molecule has 0 saturated carbocycles. The number of nitrogens with zero attached hydrogens (tertiary/aromatic N) is 1. The van der Waals surface area contributed by atoms with Crippen molar-refractivity contribution in [2.24, 2.45) is 0 Å². The van der Waals surface area contributed by atoms with E-state index in [0.29, 0.717) is 0 Å². The van der Waals surface area contributed by atoms with E-state index >= 15 is 0 Å². The topological polar surface area (TPSA) is 207 Å². The Morgan fingerprint density at radius 1 is 0.608 bits per heavy atom. The number of nitro groups is 1. The van der Waals surface area contributed by atoms with Gasteiger partial charge in [-0.1, -0.05) is 35.4 Å². The highest BCUT2D eigenvalue weighted by Crippen LogP contribution is 2.40. The van der Waals surface area contributed by atoms with E-state index in [2.05, 4.69) is 34.0 Å². The number of benzene rings is 3. The molecule has 0 amide bonds. The van der Waals surface area contributed by atoms with Crippen LogP contribution >= 0.6 is 0 Å². The first-order chi connectivity index (χ1) is 24.3. The Kier molecular flexibility index (Phi) is 13.3. The van der Waals surface area contributed by atoms with Crippen molar-refractivity contribution in [2.45, 2.75) is 13.8 Å². The maximum Gasteiger partial charge on any atom is 0.339 e. The zero-order valence-corrected chi connectivity index (χ0v) is 28.8. The van der Waals surface area contributed by atoms with E-state index < -0.39 is 62.6 Å². The maximum atomic E-state index is 12.1. The van der Waals surface area contributed by atoms with Crippen molar-refractivity contribution in [1.82, 2.24) is 0 Å². The number of nitrogens with one attached hydrogen (secondary N) is 2. The van der Waals surface area contributed by atoms with Crippen molar-refractivity contribution in [3.8, 4) is 0 Å². The van der Waals surface area contributed by atoms with E-state index in [1.165, 1.54) is 23.3 Å². The van der Waals surface area contributed by atoms with Gasteiger partial charge < -0.3 is 28.8 Å². The van der Waals surface area contributed by atoms with E-state index in [1.54, 1.807) is 12.1 Å². The molecule has 3 aromatic rings. The van der Waals surface area contributed by atoms with Gasteiger partial charge in [-0.05, 0) is 57.4 Å². The molecule has 1 aliphatic carbocycles. The van der Waals surface area contributed by atoms with Gasteiger partial charge in [0.1, 0.15) is 11.4 Å². The molecule has 0 saturated heterocycles. The fourth-order valence-electron chi connectivity index (χ4n) is 4.64. The minimum atomic E-state index is -1.17. The van der Waals surface area contributed by atoms with E-state index in [9.17, 15) is 34.4 Å². The van der Waals surface area contributed by atoms with Crippen molar-refractivity contribution in [1.29, 1.82) is 0 Å². The average molecular weight is 702 g/mol. The molecule has 2 N–H and O–H groups in total. The molecule has 0 unspecified atom stereocenters. The smallest absolute Gasteiger partial charge is 0.339 e. The van der Waals surface area contributed by atoms with Crippen molar-refractivity contribution in [2.75, 3.05) is 40.9 Å². The number of ether oxygens (including phenoxy) is 5. The highest BCUT2D eigenvalue weighted by Gasteiger charge is 2.45. The van der Waals surface area contributed by atoms with Crippen LogP contribution < -0.4 is 15.4 Å². The van der Waals surface area contributed by atoms with Crippen molar-refractivity contribution < 1.29 is 57.9 Å². The van der Waals surface area contributed by atoms with Crippen LogP contribution in [0, 0.1) is 24.0 Å². The lowest BCUT2D eigenvalue weighted by atomic mass is 10.0. The molecule has 15 nitrogen and oxygen atoms in total. The average Bonchev–Trinajstić information content (AvgIpc) is 3.51. The summed E-state index contributed by atoms with van der Waals surface area (Å²) in [5, 5.41) is 26.4. The van der Waals surface area contributed by atoms with Crippen LogP contribution in [0.15, 0.2) is 107 Å². The van der Waals surface area contributed by atoms with Gasteiger partial charge in [-0.3, -0.25) is 10.1 Å². The number of hydrogen-bond acceptors (Lipinski definition) is 12. The first-order valence-electron chi connectivity index (χ1n) is 14.9. The van der Waals surface area contributed by atoms with Gasteiger partial charge in [-0.25, -0.2) is 29.5 Å². The molecule has 0 aromatic heterocycles. The van der Waals surface area contributed by atoms with Crippen LogP contribution in [0.2, 0.25) is 0 Å². The lowest BCUT2D eigenvalue weighted by Gasteiger charge is -2.16. The molecule has 1 aliphatic rings. The van der Waals surface area contributed by atoms with E-state index in [-0.39, 0.29) is 5.69 Å². The highest BCUT2D eigenvalue weighted by atomic mass is 16.6. The number of rotatable bonds is 9. The molecule has 0 bridgehead atoms. The summed E-state index contributed by atoms with van der Waals surface area (Å²) in [6.45, 7) is 4.07. The third-order valence-corrected chi connectivity index (χ3v) is 7.21. The molecule has 0 aliphatic heterocycles. The summed E-state index contributed by atoms with van der Waals surface area (Å²) in [5.41, 5.74) is 1.80. The Hall–Kier alpha value is -6.77. The molecule has 0 atom stereocenters. The monoisotopic (exact) mass is 701 g/mol. The second-order valence-corrected chi connectivity index (χ2v) is 10.5. The van der Waals surface area contributed by atoms with E-state index in [1.807, 2.05) is 62.4 Å². The number of hydrogen-bond donors (Lipinski definition) is 2. The van der Waals surface area contributed by atoms with Gasteiger partial charge in [-0.15, -0.1) is 0 Å². The number of carbonyl (C=O) groups excluding carboxylic acids is 4. The standard InChI is InChI=1S/C21H19N3O2.C15H16O10/c1-15-3-9-18(10-4-15)22-21(23-19-11-5-16(2)6-12-19)17-7-13-20(14-8-17)24(25)26;1-21-11(16)6-7(12(17)22-2)9(14(19)24-4)10(15(20)25-5)8(6)13(18)23-3/h3-14H,1-2H3,(H,22,23);16H,1-5H3. The SMILES string of the molecule is COC(=O)C1=C(C(=O)OC)C(C(=O)OC)=C(C(=O)OC)C1=C([O-])OC.Cc1ccc(NC(=[NH+]c2ccc(C)cc2)c2ccc([N+](=O)[O-])cc2)cc1. The van der Waals surface area contributed by atoms with Crippen LogP contribution in [-0.2, 0) is 42.9 Å². The second kappa shape index (κ2) is 17.6. The number of esters is 4. The summed E-state index contributed by atoms with van der Waals surface area (Å²) in [6, 6.07) is 22.6.